The third-order valence-electron chi connectivity index (χ3n) is 5.28. The Labute approximate surface area is 134 Å². The molecule has 1 aromatic rings. The summed E-state index contributed by atoms with van der Waals surface area (Å²) in [5.41, 5.74) is 1.85. The van der Waals surface area contributed by atoms with Crippen LogP contribution in [0.25, 0.3) is 0 Å². The van der Waals surface area contributed by atoms with E-state index in [2.05, 4.69) is 25.7 Å². The van der Waals surface area contributed by atoms with Crippen molar-refractivity contribution in [1.82, 2.24) is 4.90 Å². The van der Waals surface area contributed by atoms with Gasteiger partial charge in [0.2, 0.25) is 0 Å². The fourth-order valence-electron chi connectivity index (χ4n) is 4.95. The van der Waals surface area contributed by atoms with Gasteiger partial charge in [0.25, 0.3) is 0 Å². The van der Waals surface area contributed by atoms with Gasteiger partial charge in [-0.3, -0.25) is 4.90 Å². The van der Waals surface area contributed by atoms with E-state index >= 15 is 0 Å². The molecule has 1 N–H and O–H groups in total. The van der Waals surface area contributed by atoms with Crippen LogP contribution in [0.3, 0.4) is 0 Å². The Bertz CT molecular complexity index is 554. The number of phenols is 1. The molecule has 3 nitrogen and oxygen atoms in total. The summed E-state index contributed by atoms with van der Waals surface area (Å²) in [7, 11) is 0. The van der Waals surface area contributed by atoms with Crippen molar-refractivity contribution >= 4 is 0 Å². The van der Waals surface area contributed by atoms with Crippen LogP contribution < -0.4 is 4.74 Å². The summed E-state index contributed by atoms with van der Waals surface area (Å²) < 4.78 is 5.51. The molecule has 2 bridgehead atoms. The first-order valence-electron chi connectivity index (χ1n) is 8.50. The molecule has 2 fully saturated rings. The number of fused-ring (bicyclic) bond motifs is 2. The van der Waals surface area contributed by atoms with Gasteiger partial charge in [-0.15, -0.1) is 0 Å². The number of phenolic OH excluding ortho intramolecular Hbond substituents is 1. The predicted octanol–water partition coefficient (Wildman–Crippen LogP) is 4.19. The molecular formula is C19H29NO2. The van der Waals surface area contributed by atoms with E-state index in [1.54, 1.807) is 0 Å². The van der Waals surface area contributed by atoms with Crippen molar-refractivity contribution in [3.63, 3.8) is 0 Å². The van der Waals surface area contributed by atoms with E-state index in [-0.39, 0.29) is 0 Å². The van der Waals surface area contributed by atoms with Gasteiger partial charge in [0.05, 0.1) is 6.61 Å². The molecule has 3 heteroatoms. The van der Waals surface area contributed by atoms with Gasteiger partial charge in [0.1, 0.15) is 0 Å². The average Bonchev–Trinajstić information content (AvgIpc) is 2.63. The van der Waals surface area contributed by atoms with Gasteiger partial charge in [0, 0.05) is 24.7 Å². The minimum atomic E-state index is 0.315. The molecule has 3 rings (SSSR count). The van der Waals surface area contributed by atoms with Crippen molar-refractivity contribution in [3.8, 4) is 11.5 Å². The first kappa shape index (κ1) is 15.7. The van der Waals surface area contributed by atoms with E-state index in [1.165, 1.54) is 19.3 Å². The predicted molar refractivity (Wildman–Crippen MR) is 89.2 cm³/mol. The molecule has 1 saturated heterocycles. The lowest BCUT2D eigenvalue weighted by atomic mass is 9.65. The minimum Gasteiger partial charge on any atom is -0.504 e. The summed E-state index contributed by atoms with van der Waals surface area (Å²) in [6, 6.07) is 6.49. The third kappa shape index (κ3) is 2.96. The van der Waals surface area contributed by atoms with Crippen LogP contribution in [0.2, 0.25) is 0 Å². The van der Waals surface area contributed by atoms with E-state index in [0.29, 0.717) is 35.0 Å². The van der Waals surface area contributed by atoms with Gasteiger partial charge in [0.15, 0.2) is 11.5 Å². The number of hydrogen-bond acceptors (Lipinski definition) is 3. The van der Waals surface area contributed by atoms with Crippen molar-refractivity contribution in [2.24, 2.45) is 10.8 Å². The van der Waals surface area contributed by atoms with Gasteiger partial charge in [-0.05, 0) is 43.1 Å². The maximum atomic E-state index is 10.4. The molecule has 1 heterocycles. The van der Waals surface area contributed by atoms with Crippen molar-refractivity contribution in [3.05, 3.63) is 23.8 Å². The molecule has 1 aromatic carbocycles. The Morgan fingerprint density at radius 3 is 2.77 bits per heavy atom. The number of likely N-dealkylation sites (tertiary alicyclic amines) is 1. The van der Waals surface area contributed by atoms with Gasteiger partial charge in [-0.2, -0.15) is 0 Å². The van der Waals surface area contributed by atoms with Crippen molar-refractivity contribution < 1.29 is 9.84 Å². The molecule has 2 atom stereocenters. The number of nitrogens with zero attached hydrogens (tertiary/aromatic N) is 1. The lowest BCUT2D eigenvalue weighted by Crippen LogP contribution is -2.34. The topological polar surface area (TPSA) is 32.7 Å². The third-order valence-corrected chi connectivity index (χ3v) is 5.28. The highest BCUT2D eigenvalue weighted by molar-refractivity contribution is 5.45. The summed E-state index contributed by atoms with van der Waals surface area (Å²) >= 11 is 0. The quantitative estimate of drug-likeness (QED) is 0.905. The van der Waals surface area contributed by atoms with Gasteiger partial charge >= 0.3 is 0 Å². The molecule has 122 valence electrons. The number of aromatic hydroxyl groups is 1. The Kier molecular flexibility index (Phi) is 3.88. The first-order chi connectivity index (χ1) is 10.3. The fraction of sp³-hybridized carbons (Fsp3) is 0.684. The lowest BCUT2D eigenvalue weighted by Gasteiger charge is -2.40. The van der Waals surface area contributed by atoms with Crippen molar-refractivity contribution in [2.45, 2.75) is 59.5 Å². The van der Waals surface area contributed by atoms with Crippen LogP contribution in [-0.4, -0.2) is 29.2 Å². The van der Waals surface area contributed by atoms with Gasteiger partial charge in [-0.25, -0.2) is 0 Å². The maximum Gasteiger partial charge on any atom is 0.162 e. The first-order valence-corrected chi connectivity index (χ1v) is 8.50. The largest absolute Gasteiger partial charge is 0.504 e. The number of para-hydroxylation sites is 1. The highest BCUT2D eigenvalue weighted by Gasteiger charge is 2.49. The number of benzene rings is 1. The summed E-state index contributed by atoms with van der Waals surface area (Å²) in [6.07, 6.45) is 3.86. The second-order valence-electron chi connectivity index (χ2n) is 8.32. The van der Waals surface area contributed by atoms with Crippen LogP contribution in [0.1, 0.15) is 52.5 Å². The van der Waals surface area contributed by atoms with Crippen LogP contribution in [0.15, 0.2) is 18.2 Å². The van der Waals surface area contributed by atoms with Crippen LogP contribution >= 0.6 is 0 Å². The zero-order chi connectivity index (χ0) is 16.0. The molecule has 0 spiro atoms. The van der Waals surface area contributed by atoms with Gasteiger partial charge < -0.3 is 9.84 Å². The number of hydrogen-bond donors (Lipinski definition) is 1. The minimum absolute atomic E-state index is 0.315. The second-order valence-corrected chi connectivity index (χ2v) is 8.32. The molecule has 0 amide bonds. The van der Waals surface area contributed by atoms with Crippen molar-refractivity contribution in [1.29, 1.82) is 0 Å². The lowest BCUT2D eigenvalue weighted by molar-refractivity contribution is 0.126. The number of rotatable bonds is 4. The molecule has 1 aliphatic carbocycles. The normalized spacial score (nSPS) is 30.5. The second kappa shape index (κ2) is 5.45. The summed E-state index contributed by atoms with van der Waals surface area (Å²) in [5, 5.41) is 10.4. The summed E-state index contributed by atoms with van der Waals surface area (Å²) in [5.74, 6) is 0.920. The number of ether oxygens (including phenoxy) is 1. The molecule has 1 aliphatic heterocycles. The van der Waals surface area contributed by atoms with Crippen LogP contribution in [-0.2, 0) is 6.54 Å². The Hall–Kier alpha value is -1.22. The Balaban J connectivity index is 1.79. The van der Waals surface area contributed by atoms with Crippen LogP contribution in [0.4, 0.5) is 0 Å². The van der Waals surface area contributed by atoms with E-state index in [4.69, 9.17) is 4.74 Å². The highest BCUT2D eigenvalue weighted by Crippen LogP contribution is 2.53. The highest BCUT2D eigenvalue weighted by atomic mass is 16.5. The zero-order valence-corrected chi connectivity index (χ0v) is 14.4. The van der Waals surface area contributed by atoms with E-state index < -0.39 is 0 Å². The summed E-state index contributed by atoms with van der Waals surface area (Å²) in [6.45, 7) is 11.7. The van der Waals surface area contributed by atoms with Crippen molar-refractivity contribution in [2.75, 3.05) is 13.2 Å². The smallest absolute Gasteiger partial charge is 0.162 e. The molecule has 1 saturated carbocycles. The SMILES string of the molecule is CCOc1cccc(CN2C[C@]3(C)C[C@@H]2CC(C)(C)C3)c1O. The monoisotopic (exact) mass is 303 g/mol. The molecule has 0 unspecified atom stereocenters. The summed E-state index contributed by atoms with van der Waals surface area (Å²) in [4.78, 5) is 2.57. The van der Waals surface area contributed by atoms with E-state index in [0.717, 1.165) is 18.7 Å². The van der Waals surface area contributed by atoms with E-state index in [9.17, 15) is 5.11 Å². The van der Waals surface area contributed by atoms with E-state index in [1.807, 2.05) is 25.1 Å². The molecule has 0 radical (unpaired) electrons. The fourth-order valence-corrected chi connectivity index (χ4v) is 4.95. The standard InChI is InChI=1S/C19H29NO2/c1-5-22-16-8-6-7-14(17(16)21)11-20-13-19(4)10-15(20)9-18(2,3)12-19/h6-8,15,21H,5,9-13H2,1-4H3/t15-,19+/m0/s1. The van der Waals surface area contributed by atoms with Gasteiger partial charge in [-0.1, -0.05) is 32.9 Å². The average molecular weight is 303 g/mol. The molecule has 0 aromatic heterocycles. The maximum absolute atomic E-state index is 10.4. The molecular weight excluding hydrogens is 274 g/mol. The zero-order valence-electron chi connectivity index (χ0n) is 14.4. The molecule has 22 heavy (non-hydrogen) atoms. The Morgan fingerprint density at radius 2 is 2.05 bits per heavy atom. The van der Waals surface area contributed by atoms with Crippen LogP contribution in [0, 0.1) is 10.8 Å². The molecule has 2 aliphatic rings. The Morgan fingerprint density at radius 1 is 1.27 bits per heavy atom. The van der Waals surface area contributed by atoms with Crippen LogP contribution in [0.5, 0.6) is 11.5 Å².